The van der Waals surface area contributed by atoms with E-state index in [0.29, 0.717) is 12.8 Å². The summed E-state index contributed by atoms with van der Waals surface area (Å²) in [5.41, 5.74) is 2.24. The molecule has 1 saturated heterocycles. The zero-order valence-electron chi connectivity index (χ0n) is 13.7. The Kier molecular flexibility index (Phi) is 5.18. The van der Waals surface area contributed by atoms with E-state index in [4.69, 9.17) is 9.16 Å². The Labute approximate surface area is 132 Å². The van der Waals surface area contributed by atoms with Crippen LogP contribution in [0.4, 0.5) is 0 Å². The van der Waals surface area contributed by atoms with Gasteiger partial charge in [0.2, 0.25) is 0 Å². The summed E-state index contributed by atoms with van der Waals surface area (Å²) in [6.07, 6.45) is 1.22. The van der Waals surface area contributed by atoms with Gasteiger partial charge in [-0.2, -0.15) is 0 Å². The van der Waals surface area contributed by atoms with Crippen molar-refractivity contribution in [3.05, 3.63) is 35.4 Å². The second-order valence-electron chi connectivity index (χ2n) is 6.65. The summed E-state index contributed by atoms with van der Waals surface area (Å²) in [6, 6.07) is 8.91. The number of carbonyl (C=O) groups is 2. The highest BCUT2D eigenvalue weighted by molar-refractivity contribution is 6.71. The van der Waals surface area contributed by atoms with Crippen molar-refractivity contribution in [3.8, 4) is 0 Å². The summed E-state index contributed by atoms with van der Waals surface area (Å²) in [4.78, 5) is 24.0. The van der Waals surface area contributed by atoms with Crippen molar-refractivity contribution in [2.45, 2.75) is 38.9 Å². The van der Waals surface area contributed by atoms with Crippen LogP contribution in [-0.4, -0.2) is 27.4 Å². The molecule has 0 aromatic heterocycles. The van der Waals surface area contributed by atoms with Gasteiger partial charge in [0, 0.05) is 7.11 Å². The molecule has 1 aromatic carbocycles. The lowest BCUT2D eigenvalue weighted by molar-refractivity contribution is -0.153. The number of hydrogen-bond acceptors (Lipinski definition) is 4. The Morgan fingerprint density at radius 3 is 2.27 bits per heavy atom. The average molecular weight is 320 g/mol. The fraction of sp³-hybridized carbons (Fsp3) is 0.529. The van der Waals surface area contributed by atoms with E-state index in [1.165, 1.54) is 5.56 Å². The topological polar surface area (TPSA) is 52.6 Å². The second kappa shape index (κ2) is 6.75. The maximum Gasteiger partial charge on any atom is 0.317 e. The molecule has 5 heteroatoms. The smallest absolute Gasteiger partial charge is 0.317 e. The van der Waals surface area contributed by atoms with Crippen LogP contribution in [0.2, 0.25) is 19.1 Å². The Bertz CT molecular complexity index is 550. The highest BCUT2D eigenvalue weighted by atomic mass is 28.4. The molecule has 1 aliphatic rings. The van der Waals surface area contributed by atoms with E-state index < -0.39 is 8.32 Å². The van der Waals surface area contributed by atoms with Gasteiger partial charge < -0.3 is 9.16 Å². The van der Waals surface area contributed by atoms with E-state index in [2.05, 4.69) is 13.1 Å². The van der Waals surface area contributed by atoms with Crippen molar-refractivity contribution < 1.29 is 18.8 Å². The number of hydrogen-bond donors (Lipinski definition) is 0. The Hall–Kier alpha value is -1.46. The van der Waals surface area contributed by atoms with Crippen molar-refractivity contribution in [2.24, 2.45) is 11.8 Å². The van der Waals surface area contributed by atoms with Gasteiger partial charge in [-0.25, -0.2) is 0 Å². The van der Waals surface area contributed by atoms with Gasteiger partial charge in [-0.1, -0.05) is 29.8 Å². The van der Waals surface area contributed by atoms with Crippen molar-refractivity contribution in [3.63, 3.8) is 0 Å². The molecular weight excluding hydrogens is 296 g/mol. The van der Waals surface area contributed by atoms with E-state index in [9.17, 15) is 9.59 Å². The Morgan fingerprint density at radius 2 is 1.68 bits per heavy atom. The van der Waals surface area contributed by atoms with Gasteiger partial charge in [0.1, 0.15) is 0 Å². The van der Waals surface area contributed by atoms with Crippen molar-refractivity contribution in [2.75, 3.05) is 7.11 Å². The molecule has 120 valence electrons. The molecule has 0 aliphatic carbocycles. The third kappa shape index (κ3) is 4.05. The fourth-order valence-corrected chi connectivity index (χ4v) is 3.92. The number of carbonyl (C=O) groups excluding carboxylic acids is 2. The Morgan fingerprint density at radius 1 is 1.09 bits per heavy atom. The molecule has 0 spiro atoms. The normalized spacial score (nSPS) is 22.0. The maximum absolute atomic E-state index is 12.0. The van der Waals surface area contributed by atoms with Crippen LogP contribution in [0, 0.1) is 18.8 Å². The minimum atomic E-state index is -1.74. The van der Waals surface area contributed by atoms with Gasteiger partial charge in [0.15, 0.2) is 8.32 Å². The number of benzene rings is 1. The van der Waals surface area contributed by atoms with Crippen molar-refractivity contribution in [1.82, 2.24) is 0 Å². The molecule has 1 fully saturated rings. The van der Waals surface area contributed by atoms with E-state index >= 15 is 0 Å². The number of ether oxygens (including phenoxy) is 1. The second-order valence-corrected chi connectivity index (χ2v) is 11.1. The first-order chi connectivity index (χ1) is 10.3. The van der Waals surface area contributed by atoms with E-state index in [0.717, 1.165) is 11.6 Å². The van der Waals surface area contributed by atoms with E-state index in [-0.39, 0.29) is 23.8 Å². The largest absolute Gasteiger partial charge is 0.420 e. The molecule has 1 heterocycles. The maximum atomic E-state index is 12.0. The van der Waals surface area contributed by atoms with Crippen LogP contribution in [-0.2, 0) is 25.2 Å². The molecule has 0 N–H and O–H groups in total. The summed E-state index contributed by atoms with van der Waals surface area (Å²) < 4.78 is 10.4. The highest BCUT2D eigenvalue weighted by Gasteiger charge is 2.44. The lowest BCUT2D eigenvalue weighted by atomic mass is 9.87. The number of aryl methyl sites for hydroxylation is 1. The monoisotopic (exact) mass is 320 g/mol. The minimum absolute atomic E-state index is 0.337. The van der Waals surface area contributed by atoms with Gasteiger partial charge >= 0.3 is 11.9 Å². The third-order valence-electron chi connectivity index (χ3n) is 4.48. The number of esters is 2. The van der Waals surface area contributed by atoms with Crippen LogP contribution in [0.5, 0.6) is 0 Å². The van der Waals surface area contributed by atoms with Gasteiger partial charge in [-0.3, -0.25) is 9.59 Å². The molecule has 0 bridgehead atoms. The predicted octanol–water partition coefficient (Wildman–Crippen LogP) is 3.09. The molecule has 4 nitrogen and oxygen atoms in total. The van der Waals surface area contributed by atoms with Gasteiger partial charge in [0.25, 0.3) is 0 Å². The van der Waals surface area contributed by atoms with Crippen LogP contribution in [0.15, 0.2) is 24.3 Å². The van der Waals surface area contributed by atoms with Crippen molar-refractivity contribution >= 4 is 20.3 Å². The van der Waals surface area contributed by atoms with Crippen LogP contribution >= 0.6 is 0 Å². The SMILES string of the molecule is CO[Si](C)(C)CCC1C(=O)OC(=O)C1Cc1ccc(C)cc1. The molecule has 0 amide bonds. The molecule has 0 saturated carbocycles. The lowest BCUT2D eigenvalue weighted by Crippen LogP contribution is -2.31. The summed E-state index contributed by atoms with van der Waals surface area (Å²) in [5, 5.41) is 0. The highest BCUT2D eigenvalue weighted by Crippen LogP contribution is 2.32. The van der Waals surface area contributed by atoms with Crippen LogP contribution in [0.1, 0.15) is 17.5 Å². The standard InChI is InChI=1S/C17H24O4Si/c1-12-5-7-13(8-6-12)11-15-14(16(18)21-17(15)19)9-10-22(3,4)20-2/h5-8,14-15H,9-11H2,1-4H3. The minimum Gasteiger partial charge on any atom is -0.420 e. The predicted molar refractivity (Wildman–Crippen MR) is 86.9 cm³/mol. The first kappa shape index (κ1) is 16.9. The Balaban J connectivity index is 2.07. The fourth-order valence-electron chi connectivity index (χ4n) is 2.71. The third-order valence-corrected chi connectivity index (χ3v) is 7.08. The molecular formula is C17H24O4Si. The zero-order valence-corrected chi connectivity index (χ0v) is 14.7. The zero-order chi connectivity index (χ0) is 16.3. The summed E-state index contributed by atoms with van der Waals surface area (Å²) in [5.74, 6) is -1.46. The number of rotatable bonds is 6. The first-order valence-corrected chi connectivity index (χ1v) is 10.8. The first-order valence-electron chi connectivity index (χ1n) is 7.68. The molecule has 2 rings (SSSR count). The van der Waals surface area contributed by atoms with Gasteiger partial charge in [0.05, 0.1) is 11.8 Å². The number of cyclic esters (lactones) is 2. The van der Waals surface area contributed by atoms with Gasteiger partial charge in [-0.15, -0.1) is 0 Å². The van der Waals surface area contributed by atoms with Gasteiger partial charge in [-0.05, 0) is 44.5 Å². The molecule has 1 aliphatic heterocycles. The van der Waals surface area contributed by atoms with Crippen LogP contribution in [0.3, 0.4) is 0 Å². The van der Waals surface area contributed by atoms with E-state index in [1.807, 2.05) is 31.2 Å². The quantitative estimate of drug-likeness (QED) is 0.459. The summed E-state index contributed by atoms with van der Waals surface area (Å²) >= 11 is 0. The average Bonchev–Trinajstić information content (AvgIpc) is 2.73. The van der Waals surface area contributed by atoms with Crippen molar-refractivity contribution in [1.29, 1.82) is 0 Å². The molecule has 22 heavy (non-hydrogen) atoms. The van der Waals surface area contributed by atoms with E-state index in [1.54, 1.807) is 7.11 Å². The van der Waals surface area contributed by atoms with Crippen LogP contribution < -0.4 is 0 Å². The lowest BCUT2D eigenvalue weighted by Gasteiger charge is -2.22. The molecule has 2 atom stereocenters. The summed E-state index contributed by atoms with van der Waals surface area (Å²) in [7, 11) is -0.0282. The molecule has 2 unspecified atom stereocenters. The molecule has 0 radical (unpaired) electrons. The molecule has 1 aromatic rings. The summed E-state index contributed by atoms with van der Waals surface area (Å²) in [6.45, 7) is 6.26. The van der Waals surface area contributed by atoms with Crippen LogP contribution in [0.25, 0.3) is 0 Å².